The van der Waals surface area contributed by atoms with Crippen LogP contribution in [-0.2, 0) is 5.41 Å². The lowest BCUT2D eigenvalue weighted by Crippen LogP contribution is -2.17. The summed E-state index contributed by atoms with van der Waals surface area (Å²) in [5, 5.41) is 0. The Labute approximate surface area is 291 Å². The van der Waals surface area contributed by atoms with Gasteiger partial charge in [0.1, 0.15) is 0 Å². The van der Waals surface area contributed by atoms with E-state index < -0.39 is 0 Å². The van der Waals surface area contributed by atoms with Crippen molar-refractivity contribution in [2.75, 3.05) is 0 Å². The van der Waals surface area contributed by atoms with Crippen LogP contribution in [0.2, 0.25) is 0 Å². The predicted octanol–water partition coefficient (Wildman–Crippen LogP) is 12.1. The van der Waals surface area contributed by atoms with E-state index in [4.69, 9.17) is 9.98 Å². The molecule has 0 N–H and O–H groups in total. The van der Waals surface area contributed by atoms with Crippen LogP contribution in [-0.4, -0.2) is 10.7 Å². The zero-order valence-corrected chi connectivity index (χ0v) is 28.8. The molecule has 2 heterocycles. The zero-order valence-electron chi connectivity index (χ0n) is 28.8. The summed E-state index contributed by atoms with van der Waals surface area (Å²) < 4.78 is 0. The molecule has 0 saturated carbocycles. The lowest BCUT2D eigenvalue weighted by Gasteiger charge is -2.27. The van der Waals surface area contributed by atoms with Gasteiger partial charge in [-0.25, -0.2) is 0 Å². The minimum Gasteiger partial charge on any atom is -0.276 e. The maximum Gasteiger partial charge on any atom is 0.0782 e. The minimum absolute atomic E-state index is 0.0312. The second kappa shape index (κ2) is 12.6. The Morgan fingerprint density at radius 1 is 0.592 bits per heavy atom. The van der Waals surface area contributed by atoms with Crippen LogP contribution in [0.25, 0.3) is 39.1 Å². The lowest BCUT2D eigenvalue weighted by molar-refractivity contribution is 0.444. The van der Waals surface area contributed by atoms with Crippen molar-refractivity contribution < 1.29 is 0 Å². The lowest BCUT2D eigenvalue weighted by atomic mass is 9.80. The number of allylic oxidation sites excluding steroid dienone is 2. The molecule has 2 heteroatoms. The molecule has 0 bridgehead atoms. The molecule has 5 aromatic carbocycles. The largest absolute Gasteiger partial charge is 0.276 e. The molecule has 8 rings (SSSR count). The van der Waals surface area contributed by atoms with Crippen molar-refractivity contribution >= 4 is 11.3 Å². The summed E-state index contributed by atoms with van der Waals surface area (Å²) in [6.45, 7) is 9.21. The number of benzene rings is 5. The number of fused-ring (bicyclic) bond motifs is 3. The molecule has 2 aliphatic rings. The van der Waals surface area contributed by atoms with Crippen LogP contribution in [0.4, 0.5) is 0 Å². The van der Waals surface area contributed by atoms with E-state index in [2.05, 4.69) is 167 Å². The topological polar surface area (TPSA) is 25.2 Å². The van der Waals surface area contributed by atoms with Crippen LogP contribution in [0.3, 0.4) is 0 Å². The van der Waals surface area contributed by atoms with E-state index in [-0.39, 0.29) is 11.5 Å². The van der Waals surface area contributed by atoms with Crippen LogP contribution in [0.1, 0.15) is 73.2 Å². The number of hydrogen-bond donors (Lipinski definition) is 0. The number of rotatable bonds is 5. The molecule has 0 saturated heterocycles. The predicted molar refractivity (Wildman–Crippen MR) is 206 cm³/mol. The quantitative estimate of drug-likeness (QED) is 0.185. The molecule has 240 valence electrons. The van der Waals surface area contributed by atoms with E-state index >= 15 is 0 Å². The van der Waals surface area contributed by atoms with Crippen LogP contribution >= 0.6 is 0 Å². The highest BCUT2D eigenvalue weighted by Gasteiger charge is 2.36. The fourth-order valence-corrected chi connectivity index (χ4v) is 7.90. The van der Waals surface area contributed by atoms with Gasteiger partial charge in [-0.05, 0) is 87.9 Å². The molecule has 0 fully saturated rings. The van der Waals surface area contributed by atoms with Gasteiger partial charge in [-0.3, -0.25) is 9.98 Å². The number of aliphatic imine (C=N–C) groups is 1. The first-order valence-electron chi connectivity index (χ1n) is 17.6. The molecule has 1 aliphatic heterocycles. The fraction of sp³-hybridized carbons (Fsp3) is 0.191. The molecule has 0 spiro atoms. The van der Waals surface area contributed by atoms with E-state index in [0.29, 0.717) is 5.92 Å². The van der Waals surface area contributed by atoms with Gasteiger partial charge in [0.05, 0.1) is 17.4 Å². The average Bonchev–Trinajstić information content (AvgIpc) is 3.36. The fourth-order valence-electron chi connectivity index (χ4n) is 7.90. The minimum atomic E-state index is -0.0312. The monoisotopic (exact) mass is 634 g/mol. The first kappa shape index (κ1) is 31.0. The first-order valence-corrected chi connectivity index (χ1v) is 17.6. The second-order valence-electron chi connectivity index (χ2n) is 14.3. The van der Waals surface area contributed by atoms with Gasteiger partial charge in [0.15, 0.2) is 0 Å². The summed E-state index contributed by atoms with van der Waals surface area (Å²) in [5.41, 5.74) is 17.2. The summed E-state index contributed by atoms with van der Waals surface area (Å²) in [7, 11) is 0. The molecule has 0 radical (unpaired) electrons. The first-order chi connectivity index (χ1) is 23.9. The zero-order chi connectivity index (χ0) is 33.5. The molecule has 49 heavy (non-hydrogen) atoms. The van der Waals surface area contributed by atoms with Gasteiger partial charge in [-0.2, -0.15) is 0 Å². The van der Waals surface area contributed by atoms with Crippen molar-refractivity contribution in [1.82, 2.24) is 4.98 Å². The number of pyridine rings is 1. The SMILES string of the molecule is Cc1nc(-c2ccccc2)ccc1-c1ccc(/C2=C/C(c3ccccc3)=N\C(c3ccc4c(c3)C(C)(C)c3ccccc3-4)C(C)CC2)cc1. The van der Waals surface area contributed by atoms with E-state index in [1.165, 1.54) is 50.1 Å². The third-order valence-corrected chi connectivity index (χ3v) is 10.7. The third-order valence-electron chi connectivity index (χ3n) is 10.7. The Balaban J connectivity index is 1.14. The van der Waals surface area contributed by atoms with Crippen molar-refractivity contribution in [3.05, 3.63) is 179 Å². The van der Waals surface area contributed by atoms with Gasteiger partial charge in [0.25, 0.3) is 0 Å². The summed E-state index contributed by atoms with van der Waals surface area (Å²) in [4.78, 5) is 10.5. The van der Waals surface area contributed by atoms with Gasteiger partial charge in [0.2, 0.25) is 0 Å². The molecule has 0 amide bonds. The van der Waals surface area contributed by atoms with Crippen molar-refractivity contribution in [1.29, 1.82) is 0 Å². The van der Waals surface area contributed by atoms with E-state index in [1.54, 1.807) is 0 Å². The van der Waals surface area contributed by atoms with E-state index in [0.717, 1.165) is 41.1 Å². The Morgan fingerprint density at radius 2 is 1.22 bits per heavy atom. The molecule has 2 atom stereocenters. The summed E-state index contributed by atoms with van der Waals surface area (Å²) >= 11 is 0. The van der Waals surface area contributed by atoms with Gasteiger partial charge >= 0.3 is 0 Å². The molecule has 1 aromatic heterocycles. The maximum absolute atomic E-state index is 5.60. The van der Waals surface area contributed by atoms with Gasteiger partial charge < -0.3 is 0 Å². The summed E-state index contributed by atoms with van der Waals surface area (Å²) in [6.07, 6.45) is 4.41. The standard InChI is InChI=1S/C47H42N2/c1-31-19-20-37(33-21-23-34(24-22-33)39-27-28-44(48-32(39)2)35-13-7-5-8-14-35)30-45(36-15-9-6-10-16-36)49-46(31)38-25-26-41-40-17-11-12-18-42(40)47(3,4)43(41)29-38/h5-18,21-31,46H,19-20H2,1-4H3/b37-30+,49-45+. The van der Waals surface area contributed by atoms with Crippen LogP contribution in [0.15, 0.2) is 151 Å². The third kappa shape index (κ3) is 5.76. The number of nitrogens with zero attached hydrogens (tertiary/aromatic N) is 2. The normalized spacial score (nSPS) is 20.2. The molecule has 2 nitrogen and oxygen atoms in total. The van der Waals surface area contributed by atoms with Crippen molar-refractivity contribution in [2.45, 2.75) is 52.0 Å². The van der Waals surface area contributed by atoms with Crippen molar-refractivity contribution in [3.8, 4) is 33.5 Å². The molecule has 1 aliphatic carbocycles. The molecule has 6 aromatic rings. The molecular formula is C47H42N2. The Bertz CT molecular complexity index is 2210. The van der Waals surface area contributed by atoms with Gasteiger partial charge in [0, 0.05) is 22.2 Å². The summed E-state index contributed by atoms with van der Waals surface area (Å²) in [6, 6.07) is 50.6. The van der Waals surface area contributed by atoms with Crippen molar-refractivity contribution in [3.63, 3.8) is 0 Å². The summed E-state index contributed by atoms with van der Waals surface area (Å²) in [5.74, 6) is 0.378. The molecule has 2 unspecified atom stereocenters. The van der Waals surface area contributed by atoms with Crippen molar-refractivity contribution in [2.24, 2.45) is 10.9 Å². The number of aryl methyl sites for hydroxylation is 1. The van der Waals surface area contributed by atoms with Gasteiger partial charge in [-0.1, -0.05) is 154 Å². The van der Waals surface area contributed by atoms with E-state index in [9.17, 15) is 0 Å². The second-order valence-corrected chi connectivity index (χ2v) is 14.3. The number of hydrogen-bond acceptors (Lipinski definition) is 2. The van der Waals surface area contributed by atoms with Crippen LogP contribution in [0, 0.1) is 12.8 Å². The Morgan fingerprint density at radius 3 is 1.96 bits per heavy atom. The van der Waals surface area contributed by atoms with Crippen LogP contribution < -0.4 is 0 Å². The molecular weight excluding hydrogens is 593 g/mol. The van der Waals surface area contributed by atoms with Crippen LogP contribution in [0.5, 0.6) is 0 Å². The maximum atomic E-state index is 5.60. The average molecular weight is 635 g/mol. The Hall–Kier alpha value is -5.34. The number of aromatic nitrogens is 1. The highest BCUT2D eigenvalue weighted by Crippen LogP contribution is 2.50. The van der Waals surface area contributed by atoms with Gasteiger partial charge in [-0.15, -0.1) is 0 Å². The van der Waals surface area contributed by atoms with E-state index in [1.807, 2.05) is 6.07 Å². The highest BCUT2D eigenvalue weighted by molar-refractivity contribution is 6.12. The highest BCUT2D eigenvalue weighted by atomic mass is 14.8. The Kier molecular flexibility index (Phi) is 7.96. The smallest absolute Gasteiger partial charge is 0.0782 e.